The second kappa shape index (κ2) is 27.2. The maximum atomic E-state index is 11.8. The standard InChI is InChI=1S/C31H58O2/c1-4-5-6-7-8-9-10-11-12-13-14-15-19-22-25-28-31(32)33-29-26-23-20-17-16-18-21-24-27-30(2)3/h8-9,11-12,30H,4-7,10,13-29H2,1-3H3. The molecule has 0 bridgehead atoms. The summed E-state index contributed by atoms with van der Waals surface area (Å²) in [5, 5.41) is 0. The molecule has 0 aromatic heterocycles. The number of ether oxygens (including phenoxy) is 1. The second-order valence-electron chi connectivity index (χ2n) is 10.2. The van der Waals surface area contributed by atoms with Crippen LogP contribution >= 0.6 is 0 Å². The number of carbonyl (C=O) groups excluding carboxylic acids is 1. The lowest BCUT2D eigenvalue weighted by molar-refractivity contribution is -0.143. The number of allylic oxidation sites excluding steroid dienone is 4. The Morgan fingerprint density at radius 2 is 1.15 bits per heavy atom. The Bertz CT molecular complexity index is 450. The predicted octanol–water partition coefficient (Wildman–Crippen LogP) is 10.5. The summed E-state index contributed by atoms with van der Waals surface area (Å²) < 4.78 is 5.39. The van der Waals surface area contributed by atoms with Crippen molar-refractivity contribution in [2.24, 2.45) is 5.92 Å². The van der Waals surface area contributed by atoms with Crippen LogP contribution in [0.4, 0.5) is 0 Å². The number of carbonyl (C=O) groups is 1. The minimum atomic E-state index is 0.00540. The van der Waals surface area contributed by atoms with Gasteiger partial charge in [0.1, 0.15) is 0 Å². The smallest absolute Gasteiger partial charge is 0.305 e. The predicted molar refractivity (Wildman–Crippen MR) is 147 cm³/mol. The molecule has 0 saturated heterocycles. The molecule has 0 heterocycles. The van der Waals surface area contributed by atoms with Gasteiger partial charge in [0.25, 0.3) is 0 Å². The molecular formula is C31H58O2. The highest BCUT2D eigenvalue weighted by molar-refractivity contribution is 5.69. The zero-order chi connectivity index (χ0) is 24.2. The van der Waals surface area contributed by atoms with E-state index in [1.54, 1.807) is 0 Å². The van der Waals surface area contributed by atoms with Gasteiger partial charge in [-0.15, -0.1) is 0 Å². The molecule has 0 N–H and O–H groups in total. The van der Waals surface area contributed by atoms with Crippen LogP contribution in [0.3, 0.4) is 0 Å². The van der Waals surface area contributed by atoms with Crippen molar-refractivity contribution in [3.63, 3.8) is 0 Å². The lowest BCUT2D eigenvalue weighted by Gasteiger charge is -2.06. The third kappa shape index (κ3) is 28.9. The van der Waals surface area contributed by atoms with Gasteiger partial charge in [-0.1, -0.05) is 129 Å². The molecule has 0 radical (unpaired) electrons. The van der Waals surface area contributed by atoms with Crippen molar-refractivity contribution in [1.82, 2.24) is 0 Å². The number of hydrogen-bond acceptors (Lipinski definition) is 2. The topological polar surface area (TPSA) is 26.3 Å². The van der Waals surface area contributed by atoms with Gasteiger partial charge in [-0.05, 0) is 50.9 Å². The molecule has 0 aliphatic carbocycles. The molecule has 0 saturated carbocycles. The van der Waals surface area contributed by atoms with E-state index >= 15 is 0 Å². The molecule has 0 fully saturated rings. The molecule has 0 aromatic carbocycles. The maximum absolute atomic E-state index is 11.8. The molecule has 0 unspecified atom stereocenters. The van der Waals surface area contributed by atoms with Crippen LogP contribution in [0.1, 0.15) is 156 Å². The van der Waals surface area contributed by atoms with Gasteiger partial charge in [0.15, 0.2) is 0 Å². The number of hydrogen-bond donors (Lipinski definition) is 0. The summed E-state index contributed by atoms with van der Waals surface area (Å²) in [6.45, 7) is 7.49. The quantitative estimate of drug-likeness (QED) is 0.0766. The van der Waals surface area contributed by atoms with Crippen LogP contribution < -0.4 is 0 Å². The molecule has 0 aromatic rings. The zero-order valence-corrected chi connectivity index (χ0v) is 22.8. The Labute approximate surface area is 208 Å². The molecule has 0 aliphatic heterocycles. The highest BCUT2D eigenvalue weighted by Gasteiger charge is 2.02. The highest BCUT2D eigenvalue weighted by Crippen LogP contribution is 2.13. The molecular weight excluding hydrogens is 404 g/mol. The second-order valence-corrected chi connectivity index (χ2v) is 10.2. The van der Waals surface area contributed by atoms with Crippen LogP contribution in [-0.2, 0) is 9.53 Å². The van der Waals surface area contributed by atoms with Gasteiger partial charge in [0.05, 0.1) is 6.61 Å². The van der Waals surface area contributed by atoms with Crippen LogP contribution in [0.15, 0.2) is 24.3 Å². The molecule has 2 heteroatoms. The minimum absolute atomic E-state index is 0.00540. The fraction of sp³-hybridized carbons (Fsp3) is 0.839. The van der Waals surface area contributed by atoms with Gasteiger partial charge in [-0.3, -0.25) is 4.79 Å². The van der Waals surface area contributed by atoms with E-state index in [2.05, 4.69) is 45.1 Å². The Balaban J connectivity index is 3.25. The van der Waals surface area contributed by atoms with Crippen LogP contribution in [0.2, 0.25) is 0 Å². The van der Waals surface area contributed by atoms with Crippen molar-refractivity contribution >= 4 is 5.97 Å². The molecule has 33 heavy (non-hydrogen) atoms. The molecule has 0 rings (SSSR count). The van der Waals surface area contributed by atoms with Crippen LogP contribution in [0, 0.1) is 5.92 Å². The van der Waals surface area contributed by atoms with Crippen molar-refractivity contribution in [3.8, 4) is 0 Å². The Kier molecular flexibility index (Phi) is 26.3. The average molecular weight is 463 g/mol. The minimum Gasteiger partial charge on any atom is -0.466 e. The molecule has 194 valence electrons. The summed E-state index contributed by atoms with van der Waals surface area (Å²) in [5.41, 5.74) is 0. The summed E-state index contributed by atoms with van der Waals surface area (Å²) >= 11 is 0. The first-order valence-electron chi connectivity index (χ1n) is 14.6. The number of unbranched alkanes of at least 4 members (excludes halogenated alkanes) is 15. The average Bonchev–Trinajstić information content (AvgIpc) is 2.79. The Morgan fingerprint density at radius 3 is 1.76 bits per heavy atom. The van der Waals surface area contributed by atoms with Gasteiger partial charge in [0, 0.05) is 6.42 Å². The lowest BCUT2D eigenvalue weighted by Crippen LogP contribution is -2.05. The van der Waals surface area contributed by atoms with Crippen LogP contribution in [0.5, 0.6) is 0 Å². The first-order valence-corrected chi connectivity index (χ1v) is 14.6. The highest BCUT2D eigenvalue weighted by atomic mass is 16.5. The lowest BCUT2D eigenvalue weighted by atomic mass is 10.0. The summed E-state index contributed by atoms with van der Waals surface area (Å²) in [4.78, 5) is 11.8. The van der Waals surface area contributed by atoms with Crippen molar-refractivity contribution in [1.29, 1.82) is 0 Å². The van der Waals surface area contributed by atoms with E-state index in [0.717, 1.165) is 31.6 Å². The summed E-state index contributed by atoms with van der Waals surface area (Å²) in [7, 11) is 0. The van der Waals surface area contributed by atoms with Gasteiger partial charge in [0.2, 0.25) is 0 Å². The van der Waals surface area contributed by atoms with Gasteiger partial charge >= 0.3 is 5.97 Å². The summed E-state index contributed by atoms with van der Waals surface area (Å²) in [6, 6.07) is 0. The number of esters is 1. The molecule has 0 atom stereocenters. The first-order chi connectivity index (χ1) is 16.2. The largest absolute Gasteiger partial charge is 0.466 e. The van der Waals surface area contributed by atoms with E-state index in [4.69, 9.17) is 4.74 Å². The molecule has 0 amide bonds. The van der Waals surface area contributed by atoms with E-state index in [0.29, 0.717) is 13.0 Å². The van der Waals surface area contributed by atoms with Crippen molar-refractivity contribution in [2.75, 3.05) is 6.61 Å². The molecule has 0 aliphatic rings. The number of rotatable bonds is 25. The third-order valence-electron chi connectivity index (χ3n) is 6.27. The summed E-state index contributed by atoms with van der Waals surface area (Å²) in [6.07, 6.45) is 34.9. The molecule has 2 nitrogen and oxygen atoms in total. The van der Waals surface area contributed by atoms with Gasteiger partial charge < -0.3 is 4.74 Å². The zero-order valence-electron chi connectivity index (χ0n) is 22.8. The van der Waals surface area contributed by atoms with Gasteiger partial charge in [-0.25, -0.2) is 0 Å². The maximum Gasteiger partial charge on any atom is 0.305 e. The first kappa shape index (κ1) is 31.9. The Morgan fingerprint density at radius 1 is 0.636 bits per heavy atom. The van der Waals surface area contributed by atoms with E-state index in [-0.39, 0.29) is 5.97 Å². The normalized spacial score (nSPS) is 11.9. The van der Waals surface area contributed by atoms with Crippen molar-refractivity contribution < 1.29 is 9.53 Å². The summed E-state index contributed by atoms with van der Waals surface area (Å²) in [5.74, 6) is 0.855. The SMILES string of the molecule is CCCCCC=CCC=CCCCCCCCC(=O)OCCCCCCCCCCC(C)C. The van der Waals surface area contributed by atoms with E-state index < -0.39 is 0 Å². The fourth-order valence-corrected chi connectivity index (χ4v) is 4.05. The monoisotopic (exact) mass is 462 g/mol. The molecule has 0 spiro atoms. The fourth-order valence-electron chi connectivity index (χ4n) is 4.05. The van der Waals surface area contributed by atoms with E-state index in [9.17, 15) is 4.79 Å². The van der Waals surface area contributed by atoms with Crippen molar-refractivity contribution in [2.45, 2.75) is 156 Å². The third-order valence-corrected chi connectivity index (χ3v) is 6.27. The van der Waals surface area contributed by atoms with Crippen LogP contribution in [-0.4, -0.2) is 12.6 Å². The Hall–Kier alpha value is -1.05. The van der Waals surface area contributed by atoms with Crippen molar-refractivity contribution in [3.05, 3.63) is 24.3 Å². The van der Waals surface area contributed by atoms with Crippen LogP contribution in [0.25, 0.3) is 0 Å². The van der Waals surface area contributed by atoms with E-state index in [1.807, 2.05) is 0 Å². The van der Waals surface area contributed by atoms with E-state index in [1.165, 1.54) is 103 Å². The van der Waals surface area contributed by atoms with Gasteiger partial charge in [-0.2, -0.15) is 0 Å².